The fourth-order valence-electron chi connectivity index (χ4n) is 1.96. The Labute approximate surface area is 115 Å². The van der Waals surface area contributed by atoms with Gasteiger partial charge in [-0.05, 0) is 24.3 Å². The number of nitrogens with zero attached hydrogens (tertiary/aromatic N) is 3. The third-order valence-corrected chi connectivity index (χ3v) is 3.79. The highest BCUT2D eigenvalue weighted by Crippen LogP contribution is 2.28. The number of nitrogens with one attached hydrogen (secondary N) is 1. The van der Waals surface area contributed by atoms with Gasteiger partial charge in [-0.15, -0.1) is 11.3 Å². The molecule has 0 fully saturated rings. The molecule has 2 rings (SSSR count). The molecule has 2 aromatic heterocycles. The van der Waals surface area contributed by atoms with Crippen LogP contribution in [0.15, 0.2) is 17.5 Å². The maximum absolute atomic E-state index is 11.1. The molecule has 7 heteroatoms. The van der Waals surface area contributed by atoms with Gasteiger partial charge in [0.1, 0.15) is 5.69 Å². The number of anilines is 1. The van der Waals surface area contributed by atoms with Gasteiger partial charge < -0.3 is 5.32 Å². The zero-order valence-electron chi connectivity index (χ0n) is 10.9. The van der Waals surface area contributed by atoms with Crippen molar-refractivity contribution in [2.45, 2.75) is 19.8 Å². The summed E-state index contributed by atoms with van der Waals surface area (Å²) in [7, 11) is 1.72. The maximum atomic E-state index is 11.1. The SMILES string of the molecule is CCc1nn(C)c(NCCc2cccs2)c1[N+](=O)[O-]. The second-order valence-corrected chi connectivity index (χ2v) is 5.17. The first-order valence-electron chi connectivity index (χ1n) is 6.10. The Balaban J connectivity index is 2.10. The van der Waals surface area contributed by atoms with E-state index in [1.54, 1.807) is 23.1 Å². The lowest BCUT2D eigenvalue weighted by atomic mass is 10.3. The van der Waals surface area contributed by atoms with E-state index in [0.717, 1.165) is 6.42 Å². The monoisotopic (exact) mass is 280 g/mol. The zero-order chi connectivity index (χ0) is 13.8. The topological polar surface area (TPSA) is 73.0 Å². The second kappa shape index (κ2) is 5.83. The van der Waals surface area contributed by atoms with Crippen LogP contribution in [0, 0.1) is 10.1 Å². The van der Waals surface area contributed by atoms with Gasteiger partial charge in [0.25, 0.3) is 0 Å². The van der Waals surface area contributed by atoms with Crippen molar-refractivity contribution in [1.82, 2.24) is 9.78 Å². The predicted octanol–water partition coefficient (Wildman–Crippen LogP) is 2.61. The van der Waals surface area contributed by atoms with Crippen molar-refractivity contribution in [3.63, 3.8) is 0 Å². The molecule has 0 aliphatic heterocycles. The van der Waals surface area contributed by atoms with Crippen LogP contribution < -0.4 is 5.32 Å². The molecule has 0 aliphatic carbocycles. The molecule has 2 heterocycles. The minimum absolute atomic E-state index is 0.0937. The van der Waals surface area contributed by atoms with E-state index in [0.29, 0.717) is 24.5 Å². The molecule has 0 saturated carbocycles. The molecule has 6 nitrogen and oxygen atoms in total. The van der Waals surface area contributed by atoms with Crippen molar-refractivity contribution in [3.05, 3.63) is 38.2 Å². The van der Waals surface area contributed by atoms with E-state index >= 15 is 0 Å². The largest absolute Gasteiger partial charge is 0.364 e. The standard InChI is InChI=1S/C12H16N4O2S/c1-3-10-11(16(17)18)12(15(2)14-10)13-7-6-9-5-4-8-19-9/h4-5,8,13H,3,6-7H2,1-2H3. The summed E-state index contributed by atoms with van der Waals surface area (Å²) in [5, 5.41) is 20.4. The first-order valence-corrected chi connectivity index (χ1v) is 6.98. The van der Waals surface area contributed by atoms with Crippen molar-refractivity contribution >= 4 is 22.8 Å². The Morgan fingerprint density at radius 2 is 2.37 bits per heavy atom. The Morgan fingerprint density at radius 3 is 2.95 bits per heavy atom. The Hall–Kier alpha value is -1.89. The summed E-state index contributed by atoms with van der Waals surface area (Å²) < 4.78 is 1.55. The molecule has 0 aliphatic rings. The molecular formula is C12H16N4O2S. The van der Waals surface area contributed by atoms with Crippen LogP contribution in [-0.2, 0) is 19.9 Å². The summed E-state index contributed by atoms with van der Waals surface area (Å²) in [6.45, 7) is 2.52. The average molecular weight is 280 g/mol. The van der Waals surface area contributed by atoms with E-state index in [4.69, 9.17) is 0 Å². The van der Waals surface area contributed by atoms with Gasteiger partial charge in [0, 0.05) is 18.5 Å². The molecular weight excluding hydrogens is 264 g/mol. The summed E-state index contributed by atoms with van der Waals surface area (Å²) in [5.41, 5.74) is 0.613. The minimum atomic E-state index is -0.362. The highest BCUT2D eigenvalue weighted by Gasteiger charge is 2.25. The van der Waals surface area contributed by atoms with E-state index in [2.05, 4.69) is 16.5 Å². The number of thiophene rings is 1. The van der Waals surface area contributed by atoms with Gasteiger partial charge >= 0.3 is 5.69 Å². The number of nitro groups is 1. The first-order chi connectivity index (χ1) is 9.13. The Morgan fingerprint density at radius 1 is 1.58 bits per heavy atom. The third-order valence-electron chi connectivity index (χ3n) is 2.85. The molecule has 1 N–H and O–H groups in total. The third kappa shape index (κ3) is 2.93. The summed E-state index contributed by atoms with van der Waals surface area (Å²) in [6, 6.07) is 4.06. The zero-order valence-corrected chi connectivity index (χ0v) is 11.7. The summed E-state index contributed by atoms with van der Waals surface area (Å²) in [5.74, 6) is 0.485. The van der Waals surface area contributed by atoms with Crippen LogP contribution in [-0.4, -0.2) is 21.2 Å². The van der Waals surface area contributed by atoms with Gasteiger partial charge in [-0.3, -0.25) is 10.1 Å². The molecule has 0 atom stereocenters. The smallest absolute Gasteiger partial charge is 0.333 e. The molecule has 0 amide bonds. The van der Waals surface area contributed by atoms with E-state index in [9.17, 15) is 10.1 Å². The van der Waals surface area contributed by atoms with Crippen molar-refractivity contribution in [2.75, 3.05) is 11.9 Å². The normalized spacial score (nSPS) is 10.6. The fourth-order valence-corrected chi connectivity index (χ4v) is 2.66. The quantitative estimate of drug-likeness (QED) is 0.652. The number of rotatable bonds is 6. The van der Waals surface area contributed by atoms with Crippen molar-refractivity contribution < 1.29 is 4.92 Å². The fraction of sp³-hybridized carbons (Fsp3) is 0.417. The van der Waals surface area contributed by atoms with Crippen LogP contribution in [0.1, 0.15) is 17.5 Å². The van der Waals surface area contributed by atoms with Crippen LogP contribution in [0.5, 0.6) is 0 Å². The lowest BCUT2D eigenvalue weighted by Gasteiger charge is -2.04. The summed E-state index contributed by atoms with van der Waals surface area (Å²) >= 11 is 1.69. The number of aryl methyl sites for hydroxylation is 2. The van der Waals surface area contributed by atoms with Crippen molar-refractivity contribution in [3.8, 4) is 0 Å². The molecule has 0 radical (unpaired) electrons. The van der Waals surface area contributed by atoms with Crippen molar-refractivity contribution in [1.29, 1.82) is 0 Å². The first kappa shape index (κ1) is 13.5. The molecule has 0 aromatic carbocycles. The molecule has 0 spiro atoms. The number of aromatic nitrogens is 2. The molecule has 19 heavy (non-hydrogen) atoms. The van der Waals surface area contributed by atoms with Gasteiger partial charge in [-0.25, -0.2) is 4.68 Å². The summed E-state index contributed by atoms with van der Waals surface area (Å²) in [4.78, 5) is 12.0. The average Bonchev–Trinajstić information content (AvgIpc) is 2.97. The molecule has 0 unspecified atom stereocenters. The minimum Gasteiger partial charge on any atom is -0.364 e. The van der Waals surface area contributed by atoms with Gasteiger partial charge in [0.05, 0.1) is 4.92 Å². The number of hydrogen-bond acceptors (Lipinski definition) is 5. The summed E-state index contributed by atoms with van der Waals surface area (Å²) in [6.07, 6.45) is 1.40. The lowest BCUT2D eigenvalue weighted by molar-refractivity contribution is -0.384. The van der Waals surface area contributed by atoms with E-state index in [1.807, 2.05) is 18.4 Å². The maximum Gasteiger partial charge on any atom is 0.333 e. The van der Waals surface area contributed by atoms with Gasteiger partial charge in [-0.2, -0.15) is 5.10 Å². The second-order valence-electron chi connectivity index (χ2n) is 4.13. The predicted molar refractivity (Wildman–Crippen MR) is 75.8 cm³/mol. The van der Waals surface area contributed by atoms with Crippen LogP contribution in [0.25, 0.3) is 0 Å². The highest BCUT2D eigenvalue weighted by atomic mass is 32.1. The van der Waals surface area contributed by atoms with E-state index in [-0.39, 0.29) is 10.6 Å². The molecule has 102 valence electrons. The van der Waals surface area contributed by atoms with Gasteiger partial charge in [0.15, 0.2) is 0 Å². The van der Waals surface area contributed by atoms with Gasteiger partial charge in [0.2, 0.25) is 5.82 Å². The Bertz CT molecular complexity index is 563. The Kier molecular flexibility index (Phi) is 4.16. The lowest BCUT2D eigenvalue weighted by Crippen LogP contribution is -2.09. The van der Waals surface area contributed by atoms with Crippen molar-refractivity contribution in [2.24, 2.45) is 7.05 Å². The van der Waals surface area contributed by atoms with Crippen LogP contribution in [0.2, 0.25) is 0 Å². The van der Waals surface area contributed by atoms with Gasteiger partial charge in [-0.1, -0.05) is 13.0 Å². The molecule has 0 saturated heterocycles. The highest BCUT2D eigenvalue weighted by molar-refractivity contribution is 7.09. The van der Waals surface area contributed by atoms with Crippen LogP contribution >= 0.6 is 11.3 Å². The van der Waals surface area contributed by atoms with Crippen LogP contribution in [0.3, 0.4) is 0 Å². The van der Waals surface area contributed by atoms with E-state index in [1.165, 1.54) is 4.88 Å². The van der Waals surface area contributed by atoms with E-state index < -0.39 is 0 Å². The van der Waals surface area contributed by atoms with Crippen LogP contribution in [0.4, 0.5) is 11.5 Å². The molecule has 2 aromatic rings. The molecule has 0 bridgehead atoms. The number of hydrogen-bond donors (Lipinski definition) is 1.